The molecule has 1 aromatic carbocycles. The van der Waals surface area contributed by atoms with Crippen molar-refractivity contribution in [2.75, 3.05) is 31.7 Å². The van der Waals surface area contributed by atoms with Crippen molar-refractivity contribution in [1.82, 2.24) is 0 Å². The fourth-order valence-electron chi connectivity index (χ4n) is 1.71. The van der Waals surface area contributed by atoms with E-state index in [4.69, 9.17) is 4.74 Å². The lowest BCUT2D eigenvalue weighted by atomic mass is 9.87. The first-order valence-corrected chi connectivity index (χ1v) is 6.13. The van der Waals surface area contributed by atoms with Crippen LogP contribution < -0.4 is 5.32 Å². The van der Waals surface area contributed by atoms with Crippen LogP contribution in [0.15, 0.2) is 22.7 Å². The number of anilines is 1. The summed E-state index contributed by atoms with van der Waals surface area (Å²) in [5, 5.41) is 12.7. The van der Waals surface area contributed by atoms with Crippen LogP contribution in [-0.4, -0.2) is 31.5 Å². The number of benzene rings is 1. The summed E-state index contributed by atoms with van der Waals surface area (Å²) in [7, 11) is 0. The normalized spacial score (nSPS) is 17.9. The fraction of sp³-hybridized carbons (Fsp3) is 0.500. The summed E-state index contributed by atoms with van der Waals surface area (Å²) in [5.74, 6) is 0. The average molecular weight is 286 g/mol. The molecule has 0 radical (unpaired) electrons. The zero-order chi connectivity index (χ0) is 11.6. The minimum absolute atomic E-state index is 0.0885. The molecule has 1 saturated heterocycles. The first-order valence-electron chi connectivity index (χ1n) is 5.34. The molecule has 3 nitrogen and oxygen atoms in total. The van der Waals surface area contributed by atoms with Gasteiger partial charge in [0.15, 0.2) is 0 Å². The Kier molecular flexibility index (Phi) is 3.52. The van der Waals surface area contributed by atoms with Gasteiger partial charge in [-0.1, -0.05) is 22.0 Å². The monoisotopic (exact) mass is 285 g/mol. The second-order valence-electron chi connectivity index (χ2n) is 4.46. The van der Waals surface area contributed by atoms with Crippen LogP contribution in [0.1, 0.15) is 5.56 Å². The summed E-state index contributed by atoms with van der Waals surface area (Å²) in [6.45, 7) is 4.28. The highest BCUT2D eigenvalue weighted by atomic mass is 79.9. The van der Waals surface area contributed by atoms with Crippen molar-refractivity contribution >= 4 is 21.6 Å². The Morgan fingerprint density at radius 2 is 2.25 bits per heavy atom. The Hall–Kier alpha value is -0.580. The zero-order valence-electron chi connectivity index (χ0n) is 9.29. The highest BCUT2D eigenvalue weighted by Crippen LogP contribution is 2.28. The van der Waals surface area contributed by atoms with Crippen LogP contribution >= 0.6 is 15.9 Å². The maximum absolute atomic E-state index is 9.31. The van der Waals surface area contributed by atoms with Crippen molar-refractivity contribution in [3.63, 3.8) is 0 Å². The van der Waals surface area contributed by atoms with E-state index in [2.05, 4.69) is 40.3 Å². The van der Waals surface area contributed by atoms with Crippen LogP contribution in [0.4, 0.5) is 5.69 Å². The summed E-state index contributed by atoms with van der Waals surface area (Å²) < 4.78 is 6.22. The molecule has 4 heteroatoms. The van der Waals surface area contributed by atoms with Crippen LogP contribution in [0.2, 0.25) is 0 Å². The number of aliphatic hydroxyl groups excluding tert-OH is 1. The van der Waals surface area contributed by atoms with Gasteiger partial charge in [0, 0.05) is 16.7 Å². The predicted molar refractivity (Wildman–Crippen MR) is 67.7 cm³/mol. The summed E-state index contributed by atoms with van der Waals surface area (Å²) in [5.41, 5.74) is 2.22. The highest BCUT2D eigenvalue weighted by molar-refractivity contribution is 9.10. The molecule has 0 aromatic heterocycles. The number of nitrogens with one attached hydrogen (secondary N) is 1. The van der Waals surface area contributed by atoms with Crippen molar-refractivity contribution in [3.05, 3.63) is 28.2 Å². The van der Waals surface area contributed by atoms with Gasteiger partial charge in [-0.2, -0.15) is 0 Å². The largest absolute Gasteiger partial charge is 0.396 e. The van der Waals surface area contributed by atoms with E-state index in [1.165, 1.54) is 5.56 Å². The molecule has 0 aliphatic carbocycles. The van der Waals surface area contributed by atoms with Crippen molar-refractivity contribution in [3.8, 4) is 0 Å². The van der Waals surface area contributed by atoms with Crippen molar-refractivity contribution in [1.29, 1.82) is 0 Å². The van der Waals surface area contributed by atoms with Crippen molar-refractivity contribution in [2.24, 2.45) is 5.41 Å². The van der Waals surface area contributed by atoms with E-state index in [9.17, 15) is 5.11 Å². The van der Waals surface area contributed by atoms with E-state index in [0.29, 0.717) is 13.2 Å². The molecule has 88 valence electrons. The van der Waals surface area contributed by atoms with Gasteiger partial charge in [-0.3, -0.25) is 0 Å². The number of aryl methyl sites for hydroxylation is 1. The molecule has 0 bridgehead atoms. The fourth-order valence-corrected chi connectivity index (χ4v) is 2.07. The van der Waals surface area contributed by atoms with E-state index in [0.717, 1.165) is 16.7 Å². The maximum Gasteiger partial charge on any atom is 0.0584 e. The Morgan fingerprint density at radius 1 is 1.50 bits per heavy atom. The minimum atomic E-state index is -0.0885. The van der Waals surface area contributed by atoms with Gasteiger partial charge < -0.3 is 15.2 Å². The van der Waals surface area contributed by atoms with Crippen LogP contribution in [0.5, 0.6) is 0 Å². The molecular formula is C12H16BrNO2. The van der Waals surface area contributed by atoms with Crippen LogP contribution in [0.25, 0.3) is 0 Å². The molecular weight excluding hydrogens is 270 g/mol. The first kappa shape index (κ1) is 11.9. The number of hydrogen-bond acceptors (Lipinski definition) is 3. The molecule has 0 amide bonds. The van der Waals surface area contributed by atoms with Gasteiger partial charge in [0.05, 0.1) is 25.2 Å². The molecule has 0 spiro atoms. The Bertz CT molecular complexity index is 372. The molecule has 16 heavy (non-hydrogen) atoms. The second kappa shape index (κ2) is 4.73. The third-order valence-corrected chi connectivity index (χ3v) is 3.50. The number of halogens is 1. The summed E-state index contributed by atoms with van der Waals surface area (Å²) >= 11 is 3.45. The molecule has 2 rings (SSSR count). The third kappa shape index (κ3) is 2.39. The Morgan fingerprint density at radius 3 is 2.81 bits per heavy atom. The van der Waals surface area contributed by atoms with E-state index in [1.54, 1.807) is 0 Å². The number of rotatable bonds is 4. The zero-order valence-corrected chi connectivity index (χ0v) is 10.9. The van der Waals surface area contributed by atoms with E-state index in [1.807, 2.05) is 6.07 Å². The SMILES string of the molecule is Cc1ccc(Br)cc1NCC1(CO)COC1. The molecule has 1 heterocycles. The smallest absolute Gasteiger partial charge is 0.0584 e. The van der Waals surface area contributed by atoms with E-state index < -0.39 is 0 Å². The molecule has 0 unspecified atom stereocenters. The second-order valence-corrected chi connectivity index (χ2v) is 5.38. The molecule has 2 N–H and O–H groups in total. The van der Waals surface area contributed by atoms with Crippen LogP contribution in [0.3, 0.4) is 0 Å². The summed E-state index contributed by atoms with van der Waals surface area (Å²) in [6, 6.07) is 6.14. The Labute approximate surface area is 104 Å². The summed E-state index contributed by atoms with van der Waals surface area (Å²) in [4.78, 5) is 0. The standard InChI is InChI=1S/C12H16BrNO2/c1-9-2-3-10(13)4-11(9)14-5-12(6-15)7-16-8-12/h2-4,14-15H,5-8H2,1H3. The first-order chi connectivity index (χ1) is 7.65. The summed E-state index contributed by atoms with van der Waals surface area (Å²) in [6.07, 6.45) is 0. The average Bonchev–Trinajstić information content (AvgIpc) is 2.22. The number of ether oxygens (including phenoxy) is 1. The van der Waals surface area contributed by atoms with E-state index >= 15 is 0 Å². The van der Waals surface area contributed by atoms with Crippen molar-refractivity contribution < 1.29 is 9.84 Å². The molecule has 1 aliphatic rings. The van der Waals surface area contributed by atoms with Gasteiger partial charge in [-0.25, -0.2) is 0 Å². The Balaban J connectivity index is 2.01. The van der Waals surface area contributed by atoms with Gasteiger partial charge in [-0.05, 0) is 24.6 Å². The maximum atomic E-state index is 9.31. The van der Waals surface area contributed by atoms with E-state index in [-0.39, 0.29) is 12.0 Å². The van der Waals surface area contributed by atoms with Gasteiger partial charge in [0.25, 0.3) is 0 Å². The lowest BCUT2D eigenvalue weighted by Crippen LogP contribution is -2.50. The van der Waals surface area contributed by atoms with Crippen molar-refractivity contribution in [2.45, 2.75) is 6.92 Å². The lowest BCUT2D eigenvalue weighted by molar-refractivity contribution is -0.128. The quantitative estimate of drug-likeness (QED) is 0.891. The molecule has 0 saturated carbocycles. The molecule has 1 aliphatic heterocycles. The van der Waals surface area contributed by atoms with Crippen LogP contribution in [-0.2, 0) is 4.74 Å². The lowest BCUT2D eigenvalue weighted by Gasteiger charge is -2.40. The van der Waals surface area contributed by atoms with Gasteiger partial charge in [0.2, 0.25) is 0 Å². The number of hydrogen-bond donors (Lipinski definition) is 2. The van der Waals surface area contributed by atoms with Gasteiger partial charge >= 0.3 is 0 Å². The third-order valence-electron chi connectivity index (χ3n) is 3.01. The minimum Gasteiger partial charge on any atom is -0.396 e. The molecule has 1 fully saturated rings. The number of aliphatic hydroxyl groups is 1. The van der Waals surface area contributed by atoms with Crippen LogP contribution in [0, 0.1) is 12.3 Å². The highest BCUT2D eigenvalue weighted by Gasteiger charge is 2.37. The molecule has 1 aromatic rings. The predicted octanol–water partition coefficient (Wildman–Crippen LogP) is 2.18. The van der Waals surface area contributed by atoms with Gasteiger partial charge in [-0.15, -0.1) is 0 Å². The topological polar surface area (TPSA) is 41.5 Å². The molecule has 0 atom stereocenters. The van der Waals surface area contributed by atoms with Gasteiger partial charge in [0.1, 0.15) is 0 Å².